The smallest absolute Gasteiger partial charge is 0.330 e. The third-order valence-corrected chi connectivity index (χ3v) is 6.05. The van der Waals surface area contributed by atoms with Crippen LogP contribution in [0.3, 0.4) is 0 Å². The van der Waals surface area contributed by atoms with Gasteiger partial charge >= 0.3 is 5.82 Å². The lowest BCUT2D eigenvalue weighted by atomic mass is 10.1. The molecule has 3 unspecified atom stereocenters. The zero-order chi connectivity index (χ0) is 23.5. The van der Waals surface area contributed by atoms with E-state index in [1.54, 1.807) is 4.68 Å². The number of benzene rings is 1. The second-order valence-corrected chi connectivity index (χ2v) is 8.25. The number of hydrazine groups is 1. The summed E-state index contributed by atoms with van der Waals surface area (Å²) in [5, 5.41) is 23.8. The summed E-state index contributed by atoms with van der Waals surface area (Å²) in [7, 11) is 0. The Morgan fingerprint density at radius 1 is 1.34 bits per heavy atom. The van der Waals surface area contributed by atoms with E-state index in [1.807, 2.05) is 31.2 Å². The number of hydrazone groups is 1. The number of nitrogen functional groups attached to an aromatic ring is 1. The van der Waals surface area contributed by atoms with Gasteiger partial charge in [-0.3, -0.25) is 9.69 Å². The SMILES string of the molecule is C/C(=N\NC(=O)C1NN[NH+](c2nonc2N)C1CN1CCCC1)c1cccc(-n2cnnn2)c1.[Cl-]. The van der Waals surface area contributed by atoms with Gasteiger partial charge in [-0.25, -0.2) is 14.7 Å². The van der Waals surface area contributed by atoms with E-state index >= 15 is 0 Å². The normalized spacial score (nSPS) is 22.8. The summed E-state index contributed by atoms with van der Waals surface area (Å²) in [5.41, 5.74) is 17.0. The number of rotatable bonds is 7. The number of hydrogen-bond acceptors (Lipinski definition) is 12. The first-order valence-electron chi connectivity index (χ1n) is 11.0. The molecular weight excluding hydrogens is 478 g/mol. The van der Waals surface area contributed by atoms with Gasteiger partial charge in [0.25, 0.3) is 11.7 Å². The number of quaternary nitrogens is 1. The quantitative estimate of drug-likeness (QED) is 0.153. The van der Waals surface area contributed by atoms with Crippen LogP contribution in [0.1, 0.15) is 25.3 Å². The fourth-order valence-electron chi connectivity index (χ4n) is 4.25. The summed E-state index contributed by atoms with van der Waals surface area (Å²) >= 11 is 0. The number of hydrogen-bond donors (Lipinski definition) is 5. The number of tetrazole rings is 1. The lowest BCUT2D eigenvalue weighted by Gasteiger charge is -2.24. The van der Waals surface area contributed by atoms with Crippen LogP contribution in [0.2, 0.25) is 0 Å². The summed E-state index contributed by atoms with van der Waals surface area (Å²) in [5.74, 6) is 0.303. The van der Waals surface area contributed by atoms with Crippen LogP contribution in [0.25, 0.3) is 5.69 Å². The number of carbonyl (C=O) groups is 1. The maximum atomic E-state index is 13.1. The number of anilines is 1. The van der Waals surface area contributed by atoms with Crippen LogP contribution < -0.4 is 39.5 Å². The Balaban J connectivity index is 0.00000289. The standard InChI is InChI=1S/C19H25N13O2.ClH/c1-12(13-5-4-6-14(9-13)31-11-21-27-29-31)22-24-19(33)16-15(10-30-7-2-3-8-30)32(28-23-16)18-17(20)25-34-26-18;/h4-6,9,11,15-16,23,28H,2-3,7-8,10H2,1H3,(H2,20,25)(H,24,33);1H/b22-12+;. The molecule has 5 rings (SSSR count). The number of halogens is 1. The summed E-state index contributed by atoms with van der Waals surface area (Å²) < 4.78 is 6.32. The van der Waals surface area contributed by atoms with E-state index in [1.165, 1.54) is 6.33 Å². The van der Waals surface area contributed by atoms with Crippen molar-refractivity contribution in [1.29, 1.82) is 0 Å². The van der Waals surface area contributed by atoms with E-state index in [4.69, 9.17) is 10.4 Å². The third kappa shape index (κ3) is 5.28. The average Bonchev–Trinajstić information content (AvgIpc) is 3.66. The van der Waals surface area contributed by atoms with Crippen molar-refractivity contribution in [2.45, 2.75) is 31.8 Å². The van der Waals surface area contributed by atoms with Gasteiger partial charge in [-0.2, -0.15) is 15.5 Å². The molecule has 2 fully saturated rings. The summed E-state index contributed by atoms with van der Waals surface area (Å²) in [4.78, 5) is 15.5. The van der Waals surface area contributed by atoms with Gasteiger partial charge in [0.15, 0.2) is 12.1 Å². The highest BCUT2D eigenvalue weighted by Gasteiger charge is 2.47. The number of likely N-dealkylation sites (tertiary alicyclic amines) is 1. The zero-order valence-electron chi connectivity index (χ0n) is 18.9. The average molecular weight is 504 g/mol. The van der Waals surface area contributed by atoms with Gasteiger partial charge in [0.05, 0.1) is 17.9 Å². The van der Waals surface area contributed by atoms with Crippen LogP contribution >= 0.6 is 0 Å². The van der Waals surface area contributed by atoms with Crippen molar-refractivity contribution in [3.63, 3.8) is 0 Å². The molecule has 0 radical (unpaired) electrons. The minimum Gasteiger partial charge on any atom is -1.00 e. The van der Waals surface area contributed by atoms with E-state index < -0.39 is 6.04 Å². The van der Waals surface area contributed by atoms with Gasteiger partial charge < -0.3 is 18.1 Å². The number of amides is 1. The molecule has 4 heterocycles. The fraction of sp³-hybridized carbons (Fsp3) is 0.421. The fourth-order valence-corrected chi connectivity index (χ4v) is 4.25. The predicted molar refractivity (Wildman–Crippen MR) is 118 cm³/mol. The predicted octanol–water partition coefficient (Wildman–Crippen LogP) is -5.46. The van der Waals surface area contributed by atoms with Crippen molar-refractivity contribution in [2.75, 3.05) is 25.4 Å². The Kier molecular flexibility index (Phi) is 7.62. The Labute approximate surface area is 206 Å². The highest BCUT2D eigenvalue weighted by Crippen LogP contribution is 2.13. The molecule has 3 aromatic rings. The van der Waals surface area contributed by atoms with Crippen LogP contribution in [0.5, 0.6) is 0 Å². The minimum atomic E-state index is -0.587. The monoisotopic (exact) mass is 503 g/mol. The number of aromatic nitrogens is 6. The molecule has 3 atom stereocenters. The number of nitrogens with one attached hydrogen (secondary N) is 4. The molecule has 2 aliphatic rings. The largest absolute Gasteiger partial charge is 1.00 e. The second-order valence-electron chi connectivity index (χ2n) is 8.25. The molecule has 6 N–H and O–H groups in total. The van der Waals surface area contributed by atoms with Crippen LogP contribution in [-0.2, 0) is 4.79 Å². The Bertz CT molecular complexity index is 1160. The van der Waals surface area contributed by atoms with Gasteiger partial charge in [0.1, 0.15) is 6.33 Å². The number of nitrogens with two attached hydrogens (primary N) is 1. The Morgan fingerprint density at radius 3 is 2.89 bits per heavy atom. The highest BCUT2D eigenvalue weighted by atomic mass is 35.5. The van der Waals surface area contributed by atoms with Gasteiger partial charge in [0, 0.05) is 5.16 Å². The molecule has 0 spiro atoms. The topological polar surface area (TPSA) is 182 Å². The maximum Gasteiger partial charge on any atom is 0.330 e. The molecular formula is C19H26ClN13O2. The van der Waals surface area contributed by atoms with E-state index in [-0.39, 0.29) is 30.2 Å². The van der Waals surface area contributed by atoms with Crippen molar-refractivity contribution in [2.24, 2.45) is 5.10 Å². The maximum absolute atomic E-state index is 13.1. The first-order valence-corrected chi connectivity index (χ1v) is 11.0. The highest BCUT2D eigenvalue weighted by molar-refractivity contribution is 5.99. The van der Waals surface area contributed by atoms with Crippen LogP contribution in [0, 0.1) is 0 Å². The molecule has 2 aliphatic heterocycles. The van der Waals surface area contributed by atoms with Crippen LogP contribution in [0.4, 0.5) is 11.6 Å². The number of nitrogens with zero attached hydrogens (tertiary/aromatic N) is 8. The van der Waals surface area contributed by atoms with Gasteiger partial charge in [-0.05, 0) is 66.1 Å². The molecule has 2 aromatic heterocycles. The van der Waals surface area contributed by atoms with Crippen LogP contribution in [0.15, 0.2) is 40.3 Å². The first kappa shape index (κ1) is 24.6. The van der Waals surface area contributed by atoms with E-state index in [9.17, 15) is 4.79 Å². The second kappa shape index (κ2) is 10.8. The van der Waals surface area contributed by atoms with E-state index in [2.05, 4.69) is 52.2 Å². The lowest BCUT2D eigenvalue weighted by Crippen LogP contribution is -3.17. The van der Waals surface area contributed by atoms with E-state index in [0.29, 0.717) is 23.1 Å². The Morgan fingerprint density at radius 2 is 2.17 bits per heavy atom. The van der Waals surface area contributed by atoms with Crippen molar-refractivity contribution in [1.82, 2.24) is 51.8 Å². The minimum absolute atomic E-state index is 0. The summed E-state index contributed by atoms with van der Waals surface area (Å²) in [6.45, 7) is 4.45. The van der Waals surface area contributed by atoms with Crippen molar-refractivity contribution in [3.05, 3.63) is 36.2 Å². The first-order chi connectivity index (χ1) is 16.6. The molecule has 1 aromatic carbocycles. The van der Waals surface area contributed by atoms with Crippen LogP contribution in [-0.4, -0.2) is 78.8 Å². The molecule has 2 saturated heterocycles. The lowest BCUT2D eigenvalue weighted by molar-refractivity contribution is -0.896. The van der Waals surface area contributed by atoms with Crippen molar-refractivity contribution >= 4 is 23.3 Å². The Hall–Kier alpha value is -3.50. The molecule has 1 amide bonds. The summed E-state index contributed by atoms with van der Waals surface area (Å²) in [6, 6.07) is 6.72. The molecule has 0 bridgehead atoms. The molecule has 35 heavy (non-hydrogen) atoms. The van der Waals surface area contributed by atoms with E-state index in [0.717, 1.165) is 37.2 Å². The van der Waals surface area contributed by atoms with Gasteiger partial charge in [0.2, 0.25) is 0 Å². The van der Waals surface area contributed by atoms with Crippen molar-refractivity contribution < 1.29 is 26.8 Å². The van der Waals surface area contributed by atoms with Gasteiger partial charge in [-0.1, -0.05) is 17.7 Å². The zero-order valence-corrected chi connectivity index (χ0v) is 19.7. The van der Waals surface area contributed by atoms with Crippen molar-refractivity contribution in [3.8, 4) is 5.69 Å². The molecule has 186 valence electrons. The number of carbonyl (C=O) groups excluding carboxylic acids is 1. The molecule has 15 nitrogen and oxygen atoms in total. The summed E-state index contributed by atoms with van der Waals surface area (Å²) in [6.07, 6.45) is 3.79. The van der Waals surface area contributed by atoms with Gasteiger partial charge in [-0.15, -0.1) is 5.10 Å². The third-order valence-electron chi connectivity index (χ3n) is 6.05. The molecule has 0 saturated carbocycles. The molecule has 16 heteroatoms. The molecule has 0 aliphatic carbocycles.